The maximum atomic E-state index is 11.5. The van der Waals surface area contributed by atoms with Gasteiger partial charge in [0.15, 0.2) is 5.82 Å². The number of ether oxygens (including phenoxy) is 1. The number of nitrogens with zero attached hydrogens (tertiary/aromatic N) is 5. The van der Waals surface area contributed by atoms with Crippen LogP contribution in [0.4, 0.5) is 5.95 Å². The number of carbonyl (C=O) groups is 1. The second-order valence-corrected chi connectivity index (χ2v) is 4.99. The van der Waals surface area contributed by atoms with Gasteiger partial charge in [-0.15, -0.1) is 0 Å². The summed E-state index contributed by atoms with van der Waals surface area (Å²) in [5.41, 5.74) is 0. The van der Waals surface area contributed by atoms with Gasteiger partial charge in [0, 0.05) is 31.4 Å². The van der Waals surface area contributed by atoms with Gasteiger partial charge in [0.1, 0.15) is 0 Å². The first kappa shape index (κ1) is 14.4. The molecule has 3 rings (SSSR count). The van der Waals surface area contributed by atoms with Gasteiger partial charge in [-0.05, 0) is 25.8 Å². The van der Waals surface area contributed by atoms with E-state index in [1.165, 1.54) is 0 Å². The van der Waals surface area contributed by atoms with E-state index in [0.29, 0.717) is 5.82 Å². The molecular weight excluding hydrogens is 286 g/mol. The highest BCUT2D eigenvalue weighted by Crippen LogP contribution is 2.27. The molecule has 0 amide bonds. The number of rotatable bonds is 4. The third-order valence-corrected chi connectivity index (χ3v) is 3.59. The van der Waals surface area contributed by atoms with Gasteiger partial charge in [0.2, 0.25) is 5.95 Å². The smallest absolute Gasteiger partial charge is 0.397 e. The number of carbonyl (C=O) groups excluding carboxylic acids is 1. The molecule has 1 aliphatic rings. The standard InChI is InChI=1S/C14H17N5O3/c1-2-21-13(20)12-17-11(18-22-12)10-4-8-19(9-5-10)14-15-6-3-7-16-14/h3,6-7,10H,2,4-5,8-9H2,1H3. The minimum Gasteiger partial charge on any atom is -0.459 e. The molecule has 0 atom stereocenters. The minimum atomic E-state index is -0.573. The molecule has 8 nitrogen and oxygen atoms in total. The topological polar surface area (TPSA) is 94.2 Å². The number of piperidine rings is 1. The van der Waals surface area contributed by atoms with Crippen molar-refractivity contribution in [2.75, 3.05) is 24.6 Å². The monoisotopic (exact) mass is 303 g/mol. The van der Waals surface area contributed by atoms with Crippen LogP contribution >= 0.6 is 0 Å². The molecule has 22 heavy (non-hydrogen) atoms. The molecule has 1 aliphatic heterocycles. The number of hydrogen-bond acceptors (Lipinski definition) is 8. The van der Waals surface area contributed by atoms with Crippen molar-refractivity contribution >= 4 is 11.9 Å². The third-order valence-electron chi connectivity index (χ3n) is 3.59. The van der Waals surface area contributed by atoms with Gasteiger partial charge >= 0.3 is 11.9 Å². The van der Waals surface area contributed by atoms with Crippen molar-refractivity contribution in [2.45, 2.75) is 25.7 Å². The molecule has 0 N–H and O–H groups in total. The SMILES string of the molecule is CCOC(=O)c1nc(C2CCN(c3ncccn3)CC2)no1. The molecule has 0 saturated carbocycles. The molecular formula is C14H17N5O3. The second kappa shape index (κ2) is 6.50. The van der Waals surface area contributed by atoms with Crippen LogP contribution in [-0.2, 0) is 4.74 Å². The molecule has 0 bridgehead atoms. The van der Waals surface area contributed by atoms with E-state index in [0.717, 1.165) is 31.9 Å². The largest absolute Gasteiger partial charge is 0.459 e. The van der Waals surface area contributed by atoms with Gasteiger partial charge in [0.25, 0.3) is 0 Å². The van der Waals surface area contributed by atoms with Crippen LogP contribution in [0.15, 0.2) is 23.0 Å². The van der Waals surface area contributed by atoms with Gasteiger partial charge in [-0.2, -0.15) is 4.98 Å². The van der Waals surface area contributed by atoms with Crippen LogP contribution in [0, 0.1) is 0 Å². The predicted octanol–water partition coefficient (Wildman–Crippen LogP) is 1.42. The molecule has 3 heterocycles. The normalized spacial score (nSPS) is 15.8. The van der Waals surface area contributed by atoms with Crippen LogP contribution in [0.2, 0.25) is 0 Å². The highest BCUT2D eigenvalue weighted by atomic mass is 16.6. The summed E-state index contributed by atoms with van der Waals surface area (Å²) in [6.07, 6.45) is 5.19. The summed E-state index contributed by atoms with van der Waals surface area (Å²) in [7, 11) is 0. The molecule has 1 fully saturated rings. The maximum absolute atomic E-state index is 11.5. The highest BCUT2D eigenvalue weighted by molar-refractivity contribution is 5.83. The average Bonchev–Trinajstić information content (AvgIpc) is 3.06. The predicted molar refractivity (Wildman–Crippen MR) is 76.5 cm³/mol. The van der Waals surface area contributed by atoms with Crippen LogP contribution in [0.25, 0.3) is 0 Å². The maximum Gasteiger partial charge on any atom is 0.397 e. The summed E-state index contributed by atoms with van der Waals surface area (Å²) >= 11 is 0. The summed E-state index contributed by atoms with van der Waals surface area (Å²) in [5.74, 6) is 0.826. The zero-order valence-electron chi connectivity index (χ0n) is 12.3. The van der Waals surface area contributed by atoms with Gasteiger partial charge in [-0.25, -0.2) is 14.8 Å². The molecule has 1 saturated heterocycles. The van der Waals surface area contributed by atoms with E-state index in [-0.39, 0.29) is 18.4 Å². The van der Waals surface area contributed by atoms with Crippen LogP contribution in [-0.4, -0.2) is 45.8 Å². The zero-order valence-corrected chi connectivity index (χ0v) is 12.3. The van der Waals surface area contributed by atoms with E-state index in [1.54, 1.807) is 25.4 Å². The van der Waals surface area contributed by atoms with Crippen molar-refractivity contribution in [1.29, 1.82) is 0 Å². The number of aromatic nitrogens is 4. The fourth-order valence-electron chi connectivity index (χ4n) is 2.47. The fourth-order valence-corrected chi connectivity index (χ4v) is 2.47. The Morgan fingerprint density at radius 3 is 2.77 bits per heavy atom. The molecule has 0 aliphatic carbocycles. The average molecular weight is 303 g/mol. The van der Waals surface area contributed by atoms with Crippen molar-refractivity contribution in [3.63, 3.8) is 0 Å². The van der Waals surface area contributed by atoms with Crippen molar-refractivity contribution in [3.05, 3.63) is 30.2 Å². The molecule has 8 heteroatoms. The summed E-state index contributed by atoms with van der Waals surface area (Å²) in [6, 6.07) is 1.80. The molecule has 0 spiro atoms. The van der Waals surface area contributed by atoms with E-state index in [1.807, 2.05) is 0 Å². The molecule has 2 aromatic heterocycles. The van der Waals surface area contributed by atoms with Crippen molar-refractivity contribution < 1.29 is 14.1 Å². The lowest BCUT2D eigenvalue weighted by atomic mass is 9.96. The Balaban J connectivity index is 1.61. The van der Waals surface area contributed by atoms with Gasteiger partial charge in [-0.1, -0.05) is 5.16 Å². The molecule has 0 unspecified atom stereocenters. The molecule has 0 radical (unpaired) electrons. The Labute approximate surface area is 127 Å². The summed E-state index contributed by atoms with van der Waals surface area (Å²) in [4.78, 5) is 26.3. The number of hydrogen-bond donors (Lipinski definition) is 0. The van der Waals surface area contributed by atoms with Crippen molar-refractivity contribution in [3.8, 4) is 0 Å². The lowest BCUT2D eigenvalue weighted by Crippen LogP contribution is -2.34. The lowest BCUT2D eigenvalue weighted by Gasteiger charge is -2.30. The van der Waals surface area contributed by atoms with Crippen LogP contribution in [0.5, 0.6) is 0 Å². The highest BCUT2D eigenvalue weighted by Gasteiger charge is 2.27. The molecule has 0 aromatic carbocycles. The van der Waals surface area contributed by atoms with Crippen molar-refractivity contribution in [1.82, 2.24) is 20.1 Å². The van der Waals surface area contributed by atoms with E-state index < -0.39 is 5.97 Å². The summed E-state index contributed by atoms with van der Waals surface area (Å²) < 4.78 is 9.81. The Morgan fingerprint density at radius 2 is 2.09 bits per heavy atom. The van der Waals surface area contributed by atoms with Crippen LogP contribution < -0.4 is 4.90 Å². The number of esters is 1. The van der Waals surface area contributed by atoms with Crippen LogP contribution in [0.3, 0.4) is 0 Å². The number of anilines is 1. The van der Waals surface area contributed by atoms with E-state index in [4.69, 9.17) is 9.26 Å². The Hall–Kier alpha value is -2.51. The second-order valence-electron chi connectivity index (χ2n) is 4.99. The minimum absolute atomic E-state index is 0.0781. The van der Waals surface area contributed by atoms with Crippen LogP contribution in [0.1, 0.15) is 42.2 Å². The van der Waals surface area contributed by atoms with E-state index in [9.17, 15) is 4.79 Å². The third kappa shape index (κ3) is 3.05. The van der Waals surface area contributed by atoms with Gasteiger partial charge in [-0.3, -0.25) is 0 Å². The van der Waals surface area contributed by atoms with Crippen molar-refractivity contribution in [2.24, 2.45) is 0 Å². The summed E-state index contributed by atoms with van der Waals surface area (Å²) in [5, 5.41) is 3.90. The van der Waals surface area contributed by atoms with Gasteiger partial charge < -0.3 is 14.2 Å². The first-order valence-electron chi connectivity index (χ1n) is 7.30. The Bertz CT molecular complexity index is 622. The molecule has 2 aromatic rings. The first-order chi connectivity index (χ1) is 10.8. The lowest BCUT2D eigenvalue weighted by molar-refractivity contribution is 0.0470. The Morgan fingerprint density at radius 1 is 1.36 bits per heavy atom. The summed E-state index contributed by atoms with van der Waals surface area (Å²) in [6.45, 7) is 3.65. The molecule has 116 valence electrons. The Kier molecular flexibility index (Phi) is 4.27. The quantitative estimate of drug-likeness (QED) is 0.783. The first-order valence-corrected chi connectivity index (χ1v) is 7.30. The van der Waals surface area contributed by atoms with E-state index >= 15 is 0 Å². The van der Waals surface area contributed by atoms with Gasteiger partial charge in [0.05, 0.1) is 6.61 Å². The fraction of sp³-hybridized carbons (Fsp3) is 0.500. The zero-order chi connectivity index (χ0) is 15.4. The van der Waals surface area contributed by atoms with E-state index in [2.05, 4.69) is 25.0 Å².